The van der Waals surface area contributed by atoms with Crippen LogP contribution >= 0.6 is 0 Å². The molecule has 1 saturated heterocycles. The lowest BCUT2D eigenvalue weighted by Gasteiger charge is -2.23. The second-order valence-electron chi connectivity index (χ2n) is 9.21. The predicted molar refractivity (Wildman–Crippen MR) is 145 cm³/mol. The first-order valence-corrected chi connectivity index (χ1v) is 12.5. The molecule has 0 saturated carbocycles. The number of likely N-dealkylation sites (tertiary alicyclic amines) is 1. The third kappa shape index (κ3) is 5.34. The summed E-state index contributed by atoms with van der Waals surface area (Å²) in [7, 11) is 0. The summed E-state index contributed by atoms with van der Waals surface area (Å²) in [5.74, 6) is -0.508. The fourth-order valence-corrected chi connectivity index (χ4v) is 4.77. The Kier molecular flexibility index (Phi) is 7.31. The number of nitrogens with zero attached hydrogens (tertiary/aromatic N) is 2. The molecular weight excluding hydrogens is 480 g/mol. The molecule has 1 fully saturated rings. The minimum absolute atomic E-state index is 0.160. The van der Waals surface area contributed by atoms with Crippen LogP contribution < -0.4 is 10.7 Å². The zero-order valence-electron chi connectivity index (χ0n) is 21.0. The summed E-state index contributed by atoms with van der Waals surface area (Å²) in [6, 6.07) is 25.8. The molecule has 2 N–H and O–H groups in total. The first-order chi connectivity index (χ1) is 18.5. The number of rotatable bonds is 6. The number of benzene rings is 3. The van der Waals surface area contributed by atoms with Crippen LogP contribution in [0.4, 0.5) is 10.5 Å². The quantitative estimate of drug-likeness (QED) is 0.470. The van der Waals surface area contributed by atoms with Gasteiger partial charge in [-0.3, -0.25) is 14.5 Å². The standard InChI is InChI=1S/C30H28N4O4/c1-20-26(29(36)33-32-20)27(22-11-6-3-7-12-22)23-14-16-24(17-15-23)31-28(35)25-13-8-18-34(25)30(37)38-19-21-9-4-2-5-10-21/h2-7,9-12,14-17,25H,8,13,18-19H2,1H3,(H,31,35)(H,33,36). The van der Waals surface area contributed by atoms with Crippen molar-refractivity contribution in [1.82, 2.24) is 10.3 Å². The third-order valence-corrected chi connectivity index (χ3v) is 6.66. The first kappa shape index (κ1) is 25.0. The highest BCUT2D eigenvalue weighted by molar-refractivity contribution is 6.29. The number of carbonyl (C=O) groups excluding carboxylic acids is 3. The monoisotopic (exact) mass is 508 g/mol. The first-order valence-electron chi connectivity index (χ1n) is 12.5. The Hall–Kier alpha value is -4.72. The summed E-state index contributed by atoms with van der Waals surface area (Å²) in [6.45, 7) is 2.43. The lowest BCUT2D eigenvalue weighted by molar-refractivity contribution is -0.120. The number of amides is 3. The van der Waals surface area contributed by atoms with Crippen LogP contribution in [0.3, 0.4) is 0 Å². The van der Waals surface area contributed by atoms with Crippen molar-refractivity contribution in [3.8, 4) is 0 Å². The van der Waals surface area contributed by atoms with E-state index < -0.39 is 12.1 Å². The maximum atomic E-state index is 13.1. The molecule has 1 unspecified atom stereocenters. The van der Waals surface area contributed by atoms with Crippen LogP contribution in [-0.2, 0) is 20.9 Å². The molecule has 2 aliphatic heterocycles. The van der Waals surface area contributed by atoms with E-state index in [2.05, 4.69) is 15.8 Å². The van der Waals surface area contributed by atoms with E-state index in [1.165, 1.54) is 4.90 Å². The van der Waals surface area contributed by atoms with Gasteiger partial charge in [0.05, 0.1) is 11.3 Å². The fraction of sp³-hybridized carbons (Fsp3) is 0.200. The summed E-state index contributed by atoms with van der Waals surface area (Å²) >= 11 is 0. The van der Waals surface area contributed by atoms with Crippen LogP contribution in [0.2, 0.25) is 0 Å². The molecule has 8 nitrogen and oxygen atoms in total. The van der Waals surface area contributed by atoms with Crippen LogP contribution in [0.15, 0.2) is 95.6 Å². The fourth-order valence-electron chi connectivity index (χ4n) is 4.77. The van der Waals surface area contributed by atoms with E-state index in [0.717, 1.165) is 28.7 Å². The highest BCUT2D eigenvalue weighted by Crippen LogP contribution is 2.30. The Bertz CT molecular complexity index is 1400. The van der Waals surface area contributed by atoms with Crippen molar-refractivity contribution in [2.24, 2.45) is 5.10 Å². The number of hydrazone groups is 1. The lowest BCUT2D eigenvalue weighted by Crippen LogP contribution is -2.43. The van der Waals surface area contributed by atoms with Gasteiger partial charge < -0.3 is 10.1 Å². The molecule has 0 aliphatic carbocycles. The number of anilines is 1. The van der Waals surface area contributed by atoms with Gasteiger partial charge in [0.25, 0.3) is 5.91 Å². The van der Waals surface area contributed by atoms with Gasteiger partial charge in [-0.25, -0.2) is 10.2 Å². The van der Waals surface area contributed by atoms with Gasteiger partial charge >= 0.3 is 6.09 Å². The van der Waals surface area contributed by atoms with Gasteiger partial charge in [-0.1, -0.05) is 72.8 Å². The largest absolute Gasteiger partial charge is 0.445 e. The molecule has 2 heterocycles. The number of ether oxygens (including phenoxy) is 1. The van der Waals surface area contributed by atoms with Crippen molar-refractivity contribution in [1.29, 1.82) is 0 Å². The summed E-state index contributed by atoms with van der Waals surface area (Å²) in [5, 5.41) is 7.01. The van der Waals surface area contributed by atoms with Gasteiger partial charge in [0.2, 0.25) is 5.91 Å². The normalized spacial score (nSPS) is 18.0. The Balaban J connectivity index is 1.30. The average molecular weight is 509 g/mol. The molecule has 0 radical (unpaired) electrons. The van der Waals surface area contributed by atoms with Gasteiger partial charge in [0.1, 0.15) is 12.6 Å². The van der Waals surface area contributed by atoms with Gasteiger partial charge in [0.15, 0.2) is 0 Å². The van der Waals surface area contributed by atoms with Crippen LogP contribution in [0.1, 0.15) is 36.5 Å². The van der Waals surface area contributed by atoms with Gasteiger partial charge in [-0.05, 0) is 48.6 Å². The van der Waals surface area contributed by atoms with Crippen LogP contribution in [-0.4, -0.2) is 41.1 Å². The van der Waals surface area contributed by atoms with E-state index in [9.17, 15) is 14.4 Å². The van der Waals surface area contributed by atoms with Crippen LogP contribution in [0.25, 0.3) is 5.57 Å². The minimum Gasteiger partial charge on any atom is -0.445 e. The zero-order valence-corrected chi connectivity index (χ0v) is 21.0. The second-order valence-corrected chi connectivity index (χ2v) is 9.21. The summed E-state index contributed by atoms with van der Waals surface area (Å²) < 4.78 is 5.45. The van der Waals surface area contributed by atoms with Crippen LogP contribution in [0.5, 0.6) is 0 Å². The predicted octanol–water partition coefficient (Wildman–Crippen LogP) is 4.73. The second kappa shape index (κ2) is 11.1. The Morgan fingerprint density at radius 3 is 2.29 bits per heavy atom. The number of carbonyl (C=O) groups is 3. The van der Waals surface area contributed by atoms with E-state index in [1.54, 1.807) is 19.1 Å². The molecule has 8 heteroatoms. The number of nitrogens with one attached hydrogen (secondary N) is 2. The van der Waals surface area contributed by atoms with Crippen molar-refractivity contribution in [3.63, 3.8) is 0 Å². The van der Waals surface area contributed by atoms with Gasteiger partial charge in [-0.2, -0.15) is 5.10 Å². The molecule has 192 valence electrons. The van der Waals surface area contributed by atoms with Crippen molar-refractivity contribution < 1.29 is 19.1 Å². The zero-order chi connectivity index (χ0) is 26.5. The molecule has 5 rings (SSSR count). The summed E-state index contributed by atoms with van der Waals surface area (Å²) in [6.07, 6.45) is 0.810. The SMILES string of the molecule is CC1=NNC(=O)C1=C(c1ccccc1)c1ccc(NC(=O)C2CCCN2C(=O)OCc2ccccc2)cc1. The molecule has 0 bridgehead atoms. The number of hydrogen-bond donors (Lipinski definition) is 2. The molecule has 2 aliphatic rings. The van der Waals surface area contributed by atoms with Gasteiger partial charge in [-0.15, -0.1) is 0 Å². The summed E-state index contributed by atoms with van der Waals surface area (Å²) in [5.41, 5.74) is 7.63. The Labute approximate surface area is 221 Å². The van der Waals surface area contributed by atoms with E-state index in [4.69, 9.17) is 4.74 Å². The third-order valence-electron chi connectivity index (χ3n) is 6.66. The molecule has 3 amide bonds. The smallest absolute Gasteiger partial charge is 0.410 e. The molecule has 0 aromatic heterocycles. The Morgan fingerprint density at radius 1 is 0.974 bits per heavy atom. The van der Waals surface area contributed by atoms with E-state index in [-0.39, 0.29) is 18.4 Å². The Morgan fingerprint density at radius 2 is 1.63 bits per heavy atom. The number of hydrogen-bond acceptors (Lipinski definition) is 5. The highest BCUT2D eigenvalue weighted by atomic mass is 16.6. The molecule has 1 atom stereocenters. The van der Waals surface area contributed by atoms with E-state index in [0.29, 0.717) is 29.9 Å². The van der Waals surface area contributed by atoms with E-state index >= 15 is 0 Å². The molecule has 0 spiro atoms. The lowest BCUT2D eigenvalue weighted by atomic mass is 9.91. The topological polar surface area (TPSA) is 100 Å². The maximum absolute atomic E-state index is 13.1. The summed E-state index contributed by atoms with van der Waals surface area (Å²) in [4.78, 5) is 39.8. The van der Waals surface area contributed by atoms with E-state index in [1.807, 2.05) is 72.8 Å². The molecule has 38 heavy (non-hydrogen) atoms. The average Bonchev–Trinajstić information content (AvgIpc) is 3.57. The van der Waals surface area contributed by atoms with Crippen molar-refractivity contribution >= 4 is 34.9 Å². The van der Waals surface area contributed by atoms with Crippen molar-refractivity contribution in [2.75, 3.05) is 11.9 Å². The van der Waals surface area contributed by atoms with Gasteiger partial charge in [0, 0.05) is 17.8 Å². The van der Waals surface area contributed by atoms with Crippen molar-refractivity contribution in [2.45, 2.75) is 32.4 Å². The molecule has 3 aromatic carbocycles. The maximum Gasteiger partial charge on any atom is 0.410 e. The van der Waals surface area contributed by atoms with Crippen molar-refractivity contribution in [3.05, 3.63) is 107 Å². The molecule has 3 aromatic rings. The minimum atomic E-state index is -0.596. The molecular formula is C30H28N4O4. The highest BCUT2D eigenvalue weighted by Gasteiger charge is 2.35. The van der Waals surface area contributed by atoms with Crippen LogP contribution in [0, 0.1) is 0 Å².